The Morgan fingerprint density at radius 3 is 2.29 bits per heavy atom. The molecule has 0 atom stereocenters. The summed E-state index contributed by atoms with van der Waals surface area (Å²) in [5, 5.41) is 8.51. The number of carboxylic acids is 1. The van der Waals surface area contributed by atoms with E-state index in [1.165, 1.54) is 0 Å². The third-order valence-corrected chi connectivity index (χ3v) is 3.76. The van der Waals surface area contributed by atoms with E-state index in [9.17, 15) is 13.2 Å². The van der Waals surface area contributed by atoms with Gasteiger partial charge in [-0.05, 0) is 6.07 Å². The Kier molecular flexibility index (Phi) is 5.76. The van der Waals surface area contributed by atoms with Gasteiger partial charge in [-0.3, -0.25) is 4.55 Å². The van der Waals surface area contributed by atoms with Gasteiger partial charge in [-0.2, -0.15) is 8.42 Å². The molecule has 0 aliphatic rings. The normalized spacial score (nSPS) is 10.7. The van der Waals surface area contributed by atoms with E-state index < -0.39 is 25.9 Å². The fourth-order valence-corrected chi connectivity index (χ4v) is 2.89. The van der Waals surface area contributed by atoms with Gasteiger partial charge in [0.25, 0.3) is 0 Å². The zero-order valence-electron chi connectivity index (χ0n) is 6.89. The number of carboxylic acid groups (broad SMARTS) is 1. The minimum atomic E-state index is -4.50. The quantitative estimate of drug-likeness (QED) is 0.622. The second-order valence-electron chi connectivity index (χ2n) is 2.03. The van der Waals surface area contributed by atoms with Crippen LogP contribution in [0.4, 0.5) is 0 Å². The van der Waals surface area contributed by atoms with Gasteiger partial charge in [-0.15, -0.1) is 11.3 Å². The SMILES string of the molecule is O=C(O)c1cc(Cl)sc1S(=O)(=O)O.[K]. The van der Waals surface area contributed by atoms with Crippen molar-refractivity contribution in [2.24, 2.45) is 0 Å². The van der Waals surface area contributed by atoms with Gasteiger partial charge >= 0.3 is 16.1 Å². The molecule has 0 unspecified atom stereocenters. The van der Waals surface area contributed by atoms with Gasteiger partial charge in [0, 0.05) is 51.4 Å². The number of carbonyl (C=O) groups is 1. The van der Waals surface area contributed by atoms with Gasteiger partial charge in [0.05, 0.1) is 9.90 Å². The minimum Gasteiger partial charge on any atom is -0.478 e. The Bertz CT molecular complexity index is 451. The van der Waals surface area contributed by atoms with E-state index in [4.69, 9.17) is 21.3 Å². The smallest absolute Gasteiger partial charge is 0.338 e. The summed E-state index contributed by atoms with van der Waals surface area (Å²) in [6.45, 7) is 0. The van der Waals surface area contributed by atoms with Crippen molar-refractivity contribution in [3.8, 4) is 0 Å². The monoisotopic (exact) mass is 281 g/mol. The first kappa shape index (κ1) is 15.0. The molecule has 14 heavy (non-hydrogen) atoms. The summed E-state index contributed by atoms with van der Waals surface area (Å²) < 4.78 is 29.2. The van der Waals surface area contributed by atoms with Gasteiger partial charge in [0.1, 0.15) is 0 Å². The number of hydrogen-bond acceptors (Lipinski definition) is 4. The van der Waals surface area contributed by atoms with E-state index in [0.29, 0.717) is 11.3 Å². The first-order chi connectivity index (χ1) is 5.82. The van der Waals surface area contributed by atoms with E-state index >= 15 is 0 Å². The molecule has 0 amide bonds. The van der Waals surface area contributed by atoms with E-state index in [1.807, 2.05) is 0 Å². The van der Waals surface area contributed by atoms with Crippen molar-refractivity contribution in [1.82, 2.24) is 0 Å². The molecule has 5 nitrogen and oxygen atoms in total. The van der Waals surface area contributed by atoms with Crippen LogP contribution in [0.5, 0.6) is 0 Å². The number of aromatic carboxylic acids is 1. The van der Waals surface area contributed by atoms with Gasteiger partial charge < -0.3 is 5.11 Å². The molecule has 1 heterocycles. The summed E-state index contributed by atoms with van der Waals surface area (Å²) in [7, 11) is -4.50. The maximum atomic E-state index is 10.6. The van der Waals surface area contributed by atoms with Crippen LogP contribution < -0.4 is 0 Å². The van der Waals surface area contributed by atoms with Gasteiger partial charge in [0.2, 0.25) is 0 Å². The molecular weight excluding hydrogens is 279 g/mol. The van der Waals surface area contributed by atoms with E-state index in [2.05, 4.69) is 0 Å². The van der Waals surface area contributed by atoms with Crippen LogP contribution in [0.15, 0.2) is 10.3 Å². The molecule has 1 radical (unpaired) electrons. The zero-order valence-corrected chi connectivity index (χ0v) is 12.4. The fourth-order valence-electron chi connectivity index (χ4n) is 0.686. The molecule has 73 valence electrons. The third kappa shape index (κ3) is 3.54. The molecule has 2 N–H and O–H groups in total. The largest absolute Gasteiger partial charge is 0.478 e. The number of halogens is 1. The van der Waals surface area contributed by atoms with Crippen LogP contribution in [-0.4, -0.2) is 75.4 Å². The van der Waals surface area contributed by atoms with Crippen LogP contribution in [0.3, 0.4) is 0 Å². The Morgan fingerprint density at radius 2 is 2.00 bits per heavy atom. The molecule has 0 bridgehead atoms. The van der Waals surface area contributed by atoms with Crippen molar-refractivity contribution in [2.75, 3.05) is 0 Å². The van der Waals surface area contributed by atoms with Crippen LogP contribution in [0.2, 0.25) is 4.34 Å². The Morgan fingerprint density at radius 1 is 1.50 bits per heavy atom. The van der Waals surface area contributed by atoms with Crippen LogP contribution in [0.1, 0.15) is 10.4 Å². The second-order valence-corrected chi connectivity index (χ2v) is 5.33. The molecule has 0 aliphatic heterocycles. The fraction of sp³-hybridized carbons (Fsp3) is 0. The summed E-state index contributed by atoms with van der Waals surface area (Å²) in [6.07, 6.45) is 0. The Hall–Kier alpha value is 1.01. The molecule has 1 aromatic heterocycles. The summed E-state index contributed by atoms with van der Waals surface area (Å²) in [6, 6.07) is 0.970. The minimum absolute atomic E-state index is 0. The molecule has 9 heteroatoms. The summed E-state index contributed by atoms with van der Waals surface area (Å²) in [5.41, 5.74) is -0.516. The predicted molar refractivity (Wildman–Crippen MR) is 51.9 cm³/mol. The van der Waals surface area contributed by atoms with Crippen molar-refractivity contribution >= 4 is 90.4 Å². The Labute approximate surface area is 131 Å². The van der Waals surface area contributed by atoms with E-state index in [1.54, 1.807) is 0 Å². The molecule has 0 aliphatic carbocycles. The molecule has 0 saturated carbocycles. The van der Waals surface area contributed by atoms with Crippen LogP contribution >= 0.6 is 22.9 Å². The van der Waals surface area contributed by atoms with Gasteiger partial charge in [-0.25, -0.2) is 4.79 Å². The maximum absolute atomic E-state index is 10.6. The van der Waals surface area contributed by atoms with Crippen LogP contribution in [0.25, 0.3) is 0 Å². The summed E-state index contributed by atoms with van der Waals surface area (Å²) in [4.78, 5) is 10.5. The number of rotatable bonds is 2. The average Bonchev–Trinajstić information content (AvgIpc) is 2.29. The number of thiophene rings is 1. The van der Waals surface area contributed by atoms with E-state index in [0.717, 1.165) is 6.07 Å². The van der Waals surface area contributed by atoms with Crippen LogP contribution in [-0.2, 0) is 10.1 Å². The molecule has 0 spiro atoms. The summed E-state index contributed by atoms with van der Waals surface area (Å²) >= 11 is 5.89. The van der Waals surface area contributed by atoms with E-state index in [-0.39, 0.29) is 55.7 Å². The van der Waals surface area contributed by atoms with Crippen molar-refractivity contribution in [1.29, 1.82) is 0 Å². The van der Waals surface area contributed by atoms with Crippen molar-refractivity contribution in [3.05, 3.63) is 16.0 Å². The predicted octanol–water partition coefficient (Wildman–Crippen LogP) is 0.966. The van der Waals surface area contributed by atoms with Gasteiger partial charge in [0.15, 0.2) is 4.21 Å². The van der Waals surface area contributed by atoms with Crippen molar-refractivity contribution in [2.45, 2.75) is 4.21 Å². The van der Waals surface area contributed by atoms with Crippen LogP contribution in [0, 0.1) is 0 Å². The summed E-state index contributed by atoms with van der Waals surface area (Å²) in [5.74, 6) is -1.45. The standard InChI is InChI=1S/C5H3ClO5S2.K/c6-3-1-2(4(7)8)5(12-3)13(9,10)11;/h1H,(H,7,8)(H,9,10,11);. The van der Waals surface area contributed by atoms with Gasteiger partial charge in [-0.1, -0.05) is 11.6 Å². The average molecular weight is 282 g/mol. The molecule has 1 aromatic rings. The third-order valence-electron chi connectivity index (χ3n) is 1.13. The second kappa shape index (κ2) is 5.37. The molecule has 0 fully saturated rings. The topological polar surface area (TPSA) is 91.7 Å². The molecule has 0 saturated heterocycles. The zero-order chi connectivity index (χ0) is 10.2. The maximum Gasteiger partial charge on any atom is 0.338 e. The first-order valence-corrected chi connectivity index (χ1v) is 5.46. The van der Waals surface area contributed by atoms with Crippen molar-refractivity contribution < 1.29 is 22.9 Å². The van der Waals surface area contributed by atoms with Crippen molar-refractivity contribution in [3.63, 3.8) is 0 Å². The Balaban J connectivity index is 0.00000169. The number of hydrogen-bond donors (Lipinski definition) is 2. The molecular formula is C5H3ClKO5S2. The molecule has 0 aromatic carbocycles. The molecule has 1 rings (SSSR count). The first-order valence-electron chi connectivity index (χ1n) is 2.82.